The van der Waals surface area contributed by atoms with E-state index in [0.717, 1.165) is 17.1 Å². The van der Waals surface area contributed by atoms with Crippen molar-refractivity contribution < 1.29 is 0 Å². The summed E-state index contributed by atoms with van der Waals surface area (Å²) >= 11 is 3.73. The smallest absolute Gasteiger partial charge is 0.0540 e. The van der Waals surface area contributed by atoms with E-state index in [1.807, 2.05) is 22.7 Å². The van der Waals surface area contributed by atoms with Gasteiger partial charge in [0.05, 0.1) is 5.69 Å². The lowest BCUT2D eigenvalue weighted by molar-refractivity contribution is 1.29. The molecule has 0 saturated carbocycles. The third-order valence-corrected chi connectivity index (χ3v) is 12.0. The molecule has 0 aliphatic carbocycles. The van der Waals surface area contributed by atoms with Crippen molar-refractivity contribution in [2.75, 3.05) is 4.90 Å². The molecule has 0 aliphatic heterocycles. The fourth-order valence-corrected chi connectivity index (χ4v) is 9.66. The van der Waals surface area contributed by atoms with Crippen LogP contribution in [0.15, 0.2) is 176 Å². The number of para-hydroxylation sites is 1. The van der Waals surface area contributed by atoms with Gasteiger partial charge in [-0.05, 0) is 82.1 Å². The third kappa shape index (κ3) is 4.66. The van der Waals surface area contributed by atoms with E-state index in [1.165, 1.54) is 73.4 Å². The minimum Gasteiger partial charge on any atom is -0.310 e. The van der Waals surface area contributed by atoms with Gasteiger partial charge >= 0.3 is 0 Å². The van der Waals surface area contributed by atoms with Gasteiger partial charge in [0.2, 0.25) is 0 Å². The van der Waals surface area contributed by atoms with Crippen LogP contribution in [0.2, 0.25) is 0 Å². The summed E-state index contributed by atoms with van der Waals surface area (Å²) in [6.45, 7) is 0. The molecule has 8 aromatic carbocycles. The second-order valence-electron chi connectivity index (χ2n) is 12.5. The topological polar surface area (TPSA) is 3.24 Å². The molecule has 0 fully saturated rings. The molecule has 10 aromatic rings. The van der Waals surface area contributed by atoms with Crippen LogP contribution >= 0.6 is 22.7 Å². The Morgan fingerprint density at radius 2 is 0.918 bits per heavy atom. The van der Waals surface area contributed by atoms with Gasteiger partial charge in [-0.1, -0.05) is 121 Å². The van der Waals surface area contributed by atoms with E-state index < -0.39 is 0 Å². The van der Waals surface area contributed by atoms with Crippen molar-refractivity contribution in [2.24, 2.45) is 0 Å². The van der Waals surface area contributed by atoms with E-state index in [2.05, 4.69) is 181 Å². The van der Waals surface area contributed by atoms with Crippen LogP contribution in [0.4, 0.5) is 17.1 Å². The third-order valence-electron chi connectivity index (χ3n) is 9.68. The number of fused-ring (bicyclic) bond motifs is 7. The van der Waals surface area contributed by atoms with E-state index in [0.29, 0.717) is 0 Å². The molecule has 0 spiro atoms. The fraction of sp³-hybridized carbons (Fsp3) is 0. The summed E-state index contributed by atoms with van der Waals surface area (Å²) in [4.78, 5) is 2.45. The molecular weight excluding hydrogens is 631 g/mol. The average molecular weight is 660 g/mol. The maximum atomic E-state index is 2.45. The first kappa shape index (κ1) is 28.3. The van der Waals surface area contributed by atoms with Gasteiger partial charge in [0.25, 0.3) is 0 Å². The Kier molecular flexibility index (Phi) is 6.61. The lowest BCUT2D eigenvalue weighted by Gasteiger charge is -2.28. The quantitative estimate of drug-likeness (QED) is 0.178. The van der Waals surface area contributed by atoms with E-state index in [1.54, 1.807) is 0 Å². The summed E-state index contributed by atoms with van der Waals surface area (Å²) in [5.41, 5.74) is 8.35. The Hall–Kier alpha value is -5.74. The van der Waals surface area contributed by atoms with Gasteiger partial charge in [-0.15, -0.1) is 22.7 Å². The maximum absolute atomic E-state index is 2.45. The number of hydrogen-bond acceptors (Lipinski definition) is 3. The van der Waals surface area contributed by atoms with Gasteiger partial charge < -0.3 is 4.90 Å². The van der Waals surface area contributed by atoms with Gasteiger partial charge in [0.1, 0.15) is 0 Å². The van der Waals surface area contributed by atoms with Crippen molar-refractivity contribution >= 4 is 90.9 Å². The minimum absolute atomic E-state index is 1.12. The largest absolute Gasteiger partial charge is 0.310 e. The molecule has 0 bridgehead atoms. The number of hydrogen-bond donors (Lipinski definition) is 0. The van der Waals surface area contributed by atoms with Gasteiger partial charge in [0.15, 0.2) is 0 Å². The SMILES string of the molecule is c1ccc(N(c2ccc(-c3cccc4ccccc34)cc2)c2ccc3sc4ccccc4c3c2)c(-c2cccc3sc4ccccc4c23)c1. The number of rotatable bonds is 5. The first-order valence-corrected chi connectivity index (χ1v) is 18.2. The van der Waals surface area contributed by atoms with Crippen molar-refractivity contribution in [1.82, 2.24) is 0 Å². The molecule has 10 rings (SSSR count). The van der Waals surface area contributed by atoms with Gasteiger partial charge in [-0.25, -0.2) is 0 Å². The summed E-state index contributed by atoms with van der Waals surface area (Å²) in [6, 6.07) is 64.5. The Balaban J connectivity index is 1.20. The number of thiophene rings is 2. The monoisotopic (exact) mass is 659 g/mol. The first-order chi connectivity index (χ1) is 24.3. The maximum Gasteiger partial charge on any atom is 0.0540 e. The molecule has 230 valence electrons. The second-order valence-corrected chi connectivity index (χ2v) is 14.6. The fourth-order valence-electron chi connectivity index (χ4n) is 7.44. The highest BCUT2D eigenvalue weighted by Gasteiger charge is 2.21. The average Bonchev–Trinajstić information content (AvgIpc) is 3.74. The van der Waals surface area contributed by atoms with Crippen LogP contribution in [0.25, 0.3) is 73.4 Å². The Morgan fingerprint density at radius 3 is 1.80 bits per heavy atom. The van der Waals surface area contributed by atoms with Gasteiger partial charge in [0, 0.05) is 57.3 Å². The molecule has 2 aromatic heterocycles. The summed E-state index contributed by atoms with van der Waals surface area (Å²) in [7, 11) is 0. The van der Waals surface area contributed by atoms with Crippen molar-refractivity contribution in [3.05, 3.63) is 176 Å². The Labute approximate surface area is 292 Å². The lowest BCUT2D eigenvalue weighted by Crippen LogP contribution is -2.11. The summed E-state index contributed by atoms with van der Waals surface area (Å²) < 4.78 is 5.25. The first-order valence-electron chi connectivity index (χ1n) is 16.6. The number of nitrogens with zero attached hydrogens (tertiary/aromatic N) is 1. The van der Waals surface area contributed by atoms with Crippen molar-refractivity contribution in [1.29, 1.82) is 0 Å². The van der Waals surface area contributed by atoms with Crippen LogP contribution in [-0.4, -0.2) is 0 Å². The molecule has 0 atom stereocenters. The van der Waals surface area contributed by atoms with E-state index in [9.17, 15) is 0 Å². The molecule has 0 N–H and O–H groups in total. The van der Waals surface area contributed by atoms with Crippen molar-refractivity contribution in [3.8, 4) is 22.3 Å². The molecule has 49 heavy (non-hydrogen) atoms. The van der Waals surface area contributed by atoms with E-state index in [-0.39, 0.29) is 0 Å². The molecule has 2 heterocycles. The van der Waals surface area contributed by atoms with Gasteiger partial charge in [-0.2, -0.15) is 0 Å². The van der Waals surface area contributed by atoms with Crippen LogP contribution in [0.1, 0.15) is 0 Å². The van der Waals surface area contributed by atoms with Gasteiger partial charge in [-0.3, -0.25) is 0 Å². The molecule has 0 amide bonds. The number of benzene rings is 8. The highest BCUT2D eigenvalue weighted by Crippen LogP contribution is 2.47. The van der Waals surface area contributed by atoms with Crippen LogP contribution in [0.3, 0.4) is 0 Å². The zero-order chi connectivity index (χ0) is 32.3. The summed E-state index contributed by atoms with van der Waals surface area (Å²) in [5.74, 6) is 0. The predicted octanol–water partition coefficient (Wildman–Crippen LogP) is 14.4. The van der Waals surface area contributed by atoms with Crippen LogP contribution in [0.5, 0.6) is 0 Å². The zero-order valence-corrected chi connectivity index (χ0v) is 28.1. The van der Waals surface area contributed by atoms with Crippen molar-refractivity contribution in [3.63, 3.8) is 0 Å². The Bertz CT molecular complexity index is 2830. The predicted molar refractivity (Wildman–Crippen MR) is 215 cm³/mol. The molecule has 1 nitrogen and oxygen atoms in total. The molecule has 0 aliphatic rings. The van der Waals surface area contributed by atoms with Crippen LogP contribution < -0.4 is 4.90 Å². The molecule has 3 heteroatoms. The zero-order valence-electron chi connectivity index (χ0n) is 26.5. The van der Waals surface area contributed by atoms with Crippen LogP contribution in [-0.2, 0) is 0 Å². The molecule has 0 radical (unpaired) electrons. The highest BCUT2D eigenvalue weighted by molar-refractivity contribution is 7.26. The lowest BCUT2D eigenvalue weighted by atomic mass is 9.96. The standard InChI is InChI=1S/C46H29NS2/c1-2-13-34-30(11-1)12-9-17-35(34)31-23-25-32(26-24-31)47(33-27-28-44-40(29-33)37-15-4-7-20-42(37)48-44)41-19-6-3-14-36(41)38-18-10-22-45-46(38)39-16-5-8-21-43(39)49-45/h1-29H. The normalized spacial score (nSPS) is 11.7. The highest BCUT2D eigenvalue weighted by atomic mass is 32.1. The number of anilines is 3. The van der Waals surface area contributed by atoms with Crippen LogP contribution in [0, 0.1) is 0 Å². The van der Waals surface area contributed by atoms with Crippen molar-refractivity contribution in [2.45, 2.75) is 0 Å². The van der Waals surface area contributed by atoms with E-state index >= 15 is 0 Å². The molecule has 0 unspecified atom stereocenters. The molecular formula is C46H29NS2. The Morgan fingerprint density at radius 1 is 0.347 bits per heavy atom. The summed E-state index contributed by atoms with van der Waals surface area (Å²) in [6.07, 6.45) is 0. The second kappa shape index (κ2) is 11.5. The summed E-state index contributed by atoms with van der Waals surface area (Å²) in [5, 5.41) is 7.75. The van der Waals surface area contributed by atoms with E-state index in [4.69, 9.17) is 0 Å². The minimum atomic E-state index is 1.12. The molecule has 0 saturated heterocycles.